The summed E-state index contributed by atoms with van der Waals surface area (Å²) in [7, 11) is 0. The van der Waals surface area contributed by atoms with Crippen LogP contribution >= 0.6 is 0 Å². The largest absolute Gasteiger partial charge is 0.309 e. The van der Waals surface area contributed by atoms with Crippen molar-refractivity contribution in [3.63, 3.8) is 0 Å². The van der Waals surface area contributed by atoms with E-state index in [0.717, 1.165) is 30.6 Å². The summed E-state index contributed by atoms with van der Waals surface area (Å²) >= 11 is 0. The third-order valence-electron chi connectivity index (χ3n) is 14.4. The molecule has 2 atom stereocenters. The minimum Gasteiger partial charge on any atom is -0.309 e. The summed E-state index contributed by atoms with van der Waals surface area (Å²) in [5.41, 5.74) is 17.3. The average molecular weight is 837 g/mol. The van der Waals surface area contributed by atoms with Gasteiger partial charge in [0.2, 0.25) is 0 Å². The van der Waals surface area contributed by atoms with Crippen molar-refractivity contribution < 1.29 is 0 Å². The molecule has 0 N–H and O–H groups in total. The third-order valence-corrected chi connectivity index (χ3v) is 14.4. The molecule has 0 saturated heterocycles. The van der Waals surface area contributed by atoms with Gasteiger partial charge < -0.3 is 9.13 Å². The first-order chi connectivity index (χ1) is 32.2. The van der Waals surface area contributed by atoms with Gasteiger partial charge in [0.15, 0.2) is 0 Å². The molecule has 0 bridgehead atoms. The monoisotopic (exact) mass is 836 g/mol. The highest BCUT2D eigenvalue weighted by atomic mass is 15.1. The molecule has 312 valence electrons. The first-order valence-electron chi connectivity index (χ1n) is 23.4. The number of rotatable bonds is 7. The number of allylic oxidation sites excluding steroid dienone is 4. The van der Waals surface area contributed by atoms with Gasteiger partial charge in [-0.25, -0.2) is 4.98 Å². The van der Waals surface area contributed by atoms with Crippen LogP contribution in [0.3, 0.4) is 0 Å². The van der Waals surface area contributed by atoms with Gasteiger partial charge in [-0.3, -0.25) is 4.57 Å². The number of hydrogen-bond donors (Lipinski definition) is 0. The van der Waals surface area contributed by atoms with Crippen molar-refractivity contribution in [1.29, 1.82) is 0 Å². The highest BCUT2D eigenvalue weighted by Gasteiger charge is 2.28. The smallest absolute Gasteiger partial charge is 0.141 e. The highest BCUT2D eigenvalue weighted by molar-refractivity contribution is 6.11. The fourth-order valence-electron chi connectivity index (χ4n) is 11.4. The van der Waals surface area contributed by atoms with Gasteiger partial charge in [-0.05, 0) is 138 Å². The molecule has 13 rings (SSSR count). The summed E-state index contributed by atoms with van der Waals surface area (Å²) in [5, 5.41) is 5.10. The minimum absolute atomic E-state index is 0.433. The minimum atomic E-state index is 0.433. The lowest BCUT2D eigenvalue weighted by Gasteiger charge is -2.30. The summed E-state index contributed by atoms with van der Waals surface area (Å²) in [6.07, 6.45) is 13.5. The SMILES string of the molecule is C1=CCCC(c2nc3c(C4CCCC(c5cccc(-n6c7ccccc7c7ccc(-c8cccc(-n9c%10ccccc%10c%10ccccc%109)c8)cc76)c5)C4)cccc3n2-c2ccccc2)=C1. The quantitative estimate of drug-likeness (QED) is 0.157. The molecule has 3 aromatic heterocycles. The van der Waals surface area contributed by atoms with Crippen LogP contribution in [0.2, 0.25) is 0 Å². The van der Waals surface area contributed by atoms with E-state index in [1.807, 2.05) is 0 Å². The predicted octanol–water partition coefficient (Wildman–Crippen LogP) is 16.1. The molecule has 4 heteroatoms. The van der Waals surface area contributed by atoms with Crippen molar-refractivity contribution in [2.45, 2.75) is 50.4 Å². The van der Waals surface area contributed by atoms with E-state index < -0.39 is 0 Å². The van der Waals surface area contributed by atoms with E-state index in [9.17, 15) is 0 Å². The molecule has 4 nitrogen and oxygen atoms in total. The zero-order valence-electron chi connectivity index (χ0n) is 36.3. The zero-order valence-corrected chi connectivity index (χ0v) is 36.3. The summed E-state index contributed by atoms with van der Waals surface area (Å²) < 4.78 is 7.31. The Balaban J connectivity index is 0.875. The number of para-hydroxylation sites is 5. The topological polar surface area (TPSA) is 27.7 Å². The molecule has 2 aliphatic rings. The molecule has 1 fully saturated rings. The number of aromatic nitrogens is 4. The summed E-state index contributed by atoms with van der Waals surface area (Å²) in [4.78, 5) is 5.52. The molecule has 3 heterocycles. The fraction of sp³-hybridized carbons (Fsp3) is 0.131. The third kappa shape index (κ3) is 6.30. The van der Waals surface area contributed by atoms with Gasteiger partial charge in [0.1, 0.15) is 5.82 Å². The van der Waals surface area contributed by atoms with Crippen molar-refractivity contribution >= 4 is 60.2 Å². The number of imidazole rings is 1. The average Bonchev–Trinajstić information content (AvgIpc) is 4.05. The van der Waals surface area contributed by atoms with Gasteiger partial charge in [-0.2, -0.15) is 0 Å². The second-order valence-electron chi connectivity index (χ2n) is 18.1. The molecule has 2 aliphatic carbocycles. The Kier molecular flexibility index (Phi) is 9.04. The molecule has 11 aromatic rings. The van der Waals surface area contributed by atoms with Gasteiger partial charge in [0.05, 0.1) is 33.1 Å². The Labute approximate surface area is 379 Å². The summed E-state index contributed by atoms with van der Waals surface area (Å²) in [5.74, 6) is 1.97. The molecule has 2 unspecified atom stereocenters. The van der Waals surface area contributed by atoms with E-state index in [0.29, 0.717) is 11.8 Å². The lowest BCUT2D eigenvalue weighted by atomic mass is 9.75. The van der Waals surface area contributed by atoms with Crippen LogP contribution in [0, 0.1) is 0 Å². The van der Waals surface area contributed by atoms with Crippen molar-refractivity contribution in [3.05, 3.63) is 223 Å². The van der Waals surface area contributed by atoms with Crippen LogP contribution < -0.4 is 0 Å². The van der Waals surface area contributed by atoms with Crippen LogP contribution in [-0.2, 0) is 0 Å². The van der Waals surface area contributed by atoms with E-state index in [-0.39, 0.29) is 0 Å². The van der Waals surface area contributed by atoms with Crippen molar-refractivity contribution in [2.24, 2.45) is 0 Å². The molecular weight excluding hydrogens is 789 g/mol. The van der Waals surface area contributed by atoms with Crippen LogP contribution in [0.4, 0.5) is 0 Å². The van der Waals surface area contributed by atoms with E-state index >= 15 is 0 Å². The number of benzene rings is 8. The summed E-state index contributed by atoms with van der Waals surface area (Å²) in [6.45, 7) is 0. The van der Waals surface area contributed by atoms with E-state index in [2.05, 4.69) is 220 Å². The maximum atomic E-state index is 5.52. The fourth-order valence-corrected chi connectivity index (χ4v) is 11.4. The van der Waals surface area contributed by atoms with Crippen LogP contribution in [0.25, 0.3) is 88.4 Å². The number of nitrogens with zero attached hydrogens (tertiary/aromatic N) is 4. The first-order valence-corrected chi connectivity index (χ1v) is 23.4. The molecule has 0 radical (unpaired) electrons. The van der Waals surface area contributed by atoms with E-state index in [1.54, 1.807) is 0 Å². The lowest BCUT2D eigenvalue weighted by Crippen LogP contribution is -2.14. The Morgan fingerprint density at radius 2 is 1.05 bits per heavy atom. The normalized spacial score (nSPS) is 16.6. The molecular formula is C61H48N4. The Morgan fingerprint density at radius 1 is 0.446 bits per heavy atom. The lowest BCUT2D eigenvalue weighted by molar-refractivity contribution is 0.395. The van der Waals surface area contributed by atoms with Crippen molar-refractivity contribution in [1.82, 2.24) is 18.7 Å². The number of hydrogen-bond acceptors (Lipinski definition) is 1. The molecule has 1 saturated carbocycles. The van der Waals surface area contributed by atoms with E-state index in [1.165, 1.54) is 113 Å². The standard InChI is InChI=1S/C61H48N4/c1-3-17-41(18-4-1)61-62-60-50(30-16-34-58(60)65(61)47-23-5-2-6-24-47)46-22-13-19-42(37-46)43-20-14-26-49(38-43)64-57-33-12-9-29-53(57)54-36-35-45(40-59(54)64)44-21-15-25-48(39-44)63-55-31-10-7-27-51(55)52-28-8-11-32-56(52)63/h1-3,5-12,14-17,20-21,23-36,38-40,42,46H,4,13,18-19,22,37H2. The zero-order chi connectivity index (χ0) is 42.8. The Bertz CT molecular complexity index is 3630. The maximum Gasteiger partial charge on any atom is 0.141 e. The van der Waals surface area contributed by atoms with Gasteiger partial charge in [-0.15, -0.1) is 0 Å². The molecule has 0 aliphatic heterocycles. The second kappa shape index (κ2) is 15.5. The van der Waals surface area contributed by atoms with Crippen molar-refractivity contribution in [3.8, 4) is 28.2 Å². The Morgan fingerprint density at radius 3 is 1.78 bits per heavy atom. The van der Waals surface area contributed by atoms with Crippen molar-refractivity contribution in [2.75, 3.05) is 0 Å². The highest BCUT2D eigenvalue weighted by Crippen LogP contribution is 2.45. The van der Waals surface area contributed by atoms with Gasteiger partial charge in [0.25, 0.3) is 0 Å². The molecule has 65 heavy (non-hydrogen) atoms. The summed E-state index contributed by atoms with van der Waals surface area (Å²) in [6, 6.07) is 69.6. The van der Waals surface area contributed by atoms with Crippen LogP contribution in [0.5, 0.6) is 0 Å². The van der Waals surface area contributed by atoms with Gasteiger partial charge in [-0.1, -0.05) is 146 Å². The van der Waals surface area contributed by atoms with Crippen LogP contribution in [0.1, 0.15) is 67.3 Å². The molecule has 0 spiro atoms. The van der Waals surface area contributed by atoms with Crippen LogP contribution in [0.15, 0.2) is 206 Å². The van der Waals surface area contributed by atoms with E-state index in [4.69, 9.17) is 4.98 Å². The molecule has 0 amide bonds. The van der Waals surface area contributed by atoms with Gasteiger partial charge >= 0.3 is 0 Å². The molecule has 8 aromatic carbocycles. The second-order valence-corrected chi connectivity index (χ2v) is 18.1. The van der Waals surface area contributed by atoms with Gasteiger partial charge in [0, 0.05) is 38.6 Å². The predicted molar refractivity (Wildman–Crippen MR) is 272 cm³/mol. The van der Waals surface area contributed by atoms with Crippen LogP contribution in [-0.4, -0.2) is 18.7 Å². The maximum absolute atomic E-state index is 5.52. The Hall–Kier alpha value is -7.69. The first kappa shape index (κ1) is 37.8. The number of fused-ring (bicyclic) bond motifs is 7.